The Hall–Kier alpha value is -3.04. The first-order valence-corrected chi connectivity index (χ1v) is 7.97. The molecule has 24 heavy (non-hydrogen) atoms. The second kappa shape index (κ2) is 6.22. The summed E-state index contributed by atoms with van der Waals surface area (Å²) in [6.45, 7) is 0.423. The van der Waals surface area contributed by atoms with Crippen molar-refractivity contribution in [1.29, 1.82) is 0 Å². The topological polar surface area (TPSA) is 51.8 Å². The Morgan fingerprint density at radius 1 is 0.750 bits per heavy atom. The lowest BCUT2D eigenvalue weighted by molar-refractivity contribution is 1.06. The number of rotatable bonds is 3. The van der Waals surface area contributed by atoms with Gasteiger partial charge in [-0.1, -0.05) is 60.7 Å². The third kappa shape index (κ3) is 2.45. The summed E-state index contributed by atoms with van der Waals surface area (Å²) in [5, 5.41) is 1.03. The molecule has 0 aliphatic heterocycles. The predicted molar refractivity (Wildman–Crippen MR) is 98.3 cm³/mol. The number of aromatic nitrogens is 2. The van der Waals surface area contributed by atoms with Crippen LogP contribution in [0.2, 0.25) is 0 Å². The third-order valence-electron chi connectivity index (χ3n) is 4.18. The lowest BCUT2D eigenvalue weighted by Gasteiger charge is -2.16. The van der Waals surface area contributed by atoms with E-state index >= 15 is 0 Å². The van der Waals surface area contributed by atoms with E-state index in [1.807, 2.05) is 42.5 Å². The minimum atomic E-state index is 0.423. The van der Waals surface area contributed by atoms with E-state index in [4.69, 9.17) is 10.7 Å². The van der Waals surface area contributed by atoms with Crippen LogP contribution in [0.3, 0.4) is 0 Å². The molecule has 0 saturated heterocycles. The molecule has 4 aromatic rings. The molecule has 0 aliphatic carbocycles. The second-order valence-electron chi connectivity index (χ2n) is 5.62. The minimum absolute atomic E-state index is 0.423. The van der Waals surface area contributed by atoms with Gasteiger partial charge in [0.15, 0.2) is 5.65 Å². The maximum Gasteiger partial charge on any atom is 0.160 e. The van der Waals surface area contributed by atoms with Gasteiger partial charge in [-0.2, -0.15) is 0 Å². The van der Waals surface area contributed by atoms with E-state index in [-0.39, 0.29) is 0 Å². The highest BCUT2D eigenvalue weighted by atomic mass is 14.8. The fourth-order valence-electron chi connectivity index (χ4n) is 3.10. The van der Waals surface area contributed by atoms with Gasteiger partial charge in [0.1, 0.15) is 0 Å². The van der Waals surface area contributed by atoms with Crippen molar-refractivity contribution in [1.82, 2.24) is 9.97 Å². The van der Waals surface area contributed by atoms with Crippen LogP contribution in [0.1, 0.15) is 5.56 Å². The lowest BCUT2D eigenvalue weighted by atomic mass is 9.93. The Bertz CT molecular complexity index is 980. The standard InChI is InChI=1S/C21H17N3/c22-14-18-19(15-8-3-1-4-9-15)17-12-7-13-23-21(17)24-20(18)16-10-5-2-6-11-16/h1-13H,14,22H2. The molecule has 0 bridgehead atoms. The minimum Gasteiger partial charge on any atom is -0.326 e. The maximum absolute atomic E-state index is 6.16. The van der Waals surface area contributed by atoms with E-state index in [1.54, 1.807) is 6.20 Å². The predicted octanol–water partition coefficient (Wildman–Crippen LogP) is 4.42. The Morgan fingerprint density at radius 3 is 2.08 bits per heavy atom. The second-order valence-corrected chi connectivity index (χ2v) is 5.62. The number of fused-ring (bicyclic) bond motifs is 1. The molecule has 0 unspecified atom stereocenters. The van der Waals surface area contributed by atoms with Gasteiger partial charge >= 0.3 is 0 Å². The van der Waals surface area contributed by atoms with Crippen molar-refractivity contribution in [2.24, 2.45) is 5.73 Å². The zero-order chi connectivity index (χ0) is 16.4. The molecule has 3 heteroatoms. The van der Waals surface area contributed by atoms with Crippen LogP contribution < -0.4 is 5.73 Å². The van der Waals surface area contributed by atoms with E-state index in [1.165, 1.54) is 0 Å². The average molecular weight is 311 g/mol. The summed E-state index contributed by atoms with van der Waals surface area (Å²) in [6, 6.07) is 24.5. The molecule has 0 fully saturated rings. The van der Waals surface area contributed by atoms with Crippen molar-refractivity contribution >= 4 is 11.0 Å². The van der Waals surface area contributed by atoms with Crippen LogP contribution in [0, 0.1) is 0 Å². The van der Waals surface area contributed by atoms with Gasteiger partial charge in [0.25, 0.3) is 0 Å². The van der Waals surface area contributed by atoms with E-state index in [2.05, 4.69) is 35.3 Å². The van der Waals surface area contributed by atoms with Crippen LogP contribution in [-0.4, -0.2) is 9.97 Å². The quantitative estimate of drug-likeness (QED) is 0.609. The molecule has 2 N–H and O–H groups in total. The molecule has 2 aromatic carbocycles. The van der Waals surface area contributed by atoms with Crippen molar-refractivity contribution in [2.45, 2.75) is 6.54 Å². The maximum atomic E-state index is 6.16. The summed E-state index contributed by atoms with van der Waals surface area (Å²) in [7, 11) is 0. The van der Waals surface area contributed by atoms with E-state index in [9.17, 15) is 0 Å². The van der Waals surface area contributed by atoms with Gasteiger partial charge in [-0.15, -0.1) is 0 Å². The fraction of sp³-hybridized carbons (Fsp3) is 0.0476. The number of benzene rings is 2. The third-order valence-corrected chi connectivity index (χ3v) is 4.18. The van der Waals surface area contributed by atoms with Gasteiger partial charge in [0.2, 0.25) is 0 Å². The number of pyridine rings is 2. The first-order chi connectivity index (χ1) is 11.9. The van der Waals surface area contributed by atoms with Gasteiger partial charge in [0, 0.05) is 29.3 Å². The summed E-state index contributed by atoms with van der Waals surface area (Å²) < 4.78 is 0. The van der Waals surface area contributed by atoms with E-state index < -0.39 is 0 Å². The van der Waals surface area contributed by atoms with Crippen molar-refractivity contribution < 1.29 is 0 Å². The molecule has 0 spiro atoms. The van der Waals surface area contributed by atoms with Crippen LogP contribution in [0.25, 0.3) is 33.4 Å². The van der Waals surface area contributed by atoms with Crippen molar-refractivity contribution in [2.75, 3.05) is 0 Å². The highest BCUT2D eigenvalue weighted by Gasteiger charge is 2.17. The molecule has 116 valence electrons. The molecule has 0 saturated carbocycles. The summed E-state index contributed by atoms with van der Waals surface area (Å²) in [6.07, 6.45) is 1.78. The van der Waals surface area contributed by atoms with Crippen molar-refractivity contribution in [3.63, 3.8) is 0 Å². The summed E-state index contributed by atoms with van der Waals surface area (Å²) >= 11 is 0. The Balaban J connectivity index is 2.12. The molecule has 0 atom stereocenters. The summed E-state index contributed by atoms with van der Waals surface area (Å²) in [5.74, 6) is 0. The van der Waals surface area contributed by atoms with Gasteiger partial charge in [-0.05, 0) is 23.3 Å². The molecule has 0 aliphatic rings. The number of nitrogens with two attached hydrogens (primary N) is 1. The number of hydrogen-bond donors (Lipinski definition) is 1. The molecule has 2 aromatic heterocycles. The number of hydrogen-bond acceptors (Lipinski definition) is 3. The molecule has 4 rings (SSSR count). The molecule has 2 heterocycles. The Labute approximate surface area is 140 Å². The van der Waals surface area contributed by atoms with Crippen molar-refractivity contribution in [3.8, 4) is 22.4 Å². The monoisotopic (exact) mass is 311 g/mol. The summed E-state index contributed by atoms with van der Waals surface area (Å²) in [5.41, 5.74) is 12.2. The fourth-order valence-corrected chi connectivity index (χ4v) is 3.10. The first-order valence-electron chi connectivity index (χ1n) is 7.97. The lowest BCUT2D eigenvalue weighted by Crippen LogP contribution is -2.05. The van der Waals surface area contributed by atoms with Crippen LogP contribution in [0.5, 0.6) is 0 Å². The van der Waals surface area contributed by atoms with Crippen molar-refractivity contribution in [3.05, 3.63) is 84.6 Å². The van der Waals surface area contributed by atoms with Crippen LogP contribution in [0.4, 0.5) is 0 Å². The molecule has 3 nitrogen and oxygen atoms in total. The molecular weight excluding hydrogens is 294 g/mol. The van der Waals surface area contributed by atoms with E-state index in [0.717, 1.165) is 39.0 Å². The largest absolute Gasteiger partial charge is 0.326 e. The SMILES string of the molecule is NCc1c(-c2ccccc2)nc2ncccc2c1-c1ccccc1. The molecule has 0 amide bonds. The van der Waals surface area contributed by atoms with Gasteiger partial charge in [-0.25, -0.2) is 9.97 Å². The average Bonchev–Trinajstić information content (AvgIpc) is 2.67. The first kappa shape index (κ1) is 14.5. The van der Waals surface area contributed by atoms with Gasteiger partial charge < -0.3 is 5.73 Å². The zero-order valence-electron chi connectivity index (χ0n) is 13.2. The van der Waals surface area contributed by atoms with Gasteiger partial charge in [-0.3, -0.25) is 0 Å². The normalized spacial score (nSPS) is 10.9. The zero-order valence-corrected chi connectivity index (χ0v) is 13.2. The van der Waals surface area contributed by atoms with E-state index in [0.29, 0.717) is 6.54 Å². The molecule has 0 radical (unpaired) electrons. The Kier molecular flexibility index (Phi) is 3.77. The smallest absolute Gasteiger partial charge is 0.160 e. The highest BCUT2D eigenvalue weighted by Crippen LogP contribution is 2.35. The Morgan fingerprint density at radius 2 is 1.42 bits per heavy atom. The van der Waals surface area contributed by atoms with Crippen LogP contribution >= 0.6 is 0 Å². The summed E-state index contributed by atoms with van der Waals surface area (Å²) in [4.78, 5) is 9.29. The van der Waals surface area contributed by atoms with Gasteiger partial charge in [0.05, 0.1) is 5.69 Å². The van der Waals surface area contributed by atoms with Crippen LogP contribution in [-0.2, 0) is 6.54 Å². The highest BCUT2D eigenvalue weighted by molar-refractivity contribution is 5.97. The molecular formula is C21H17N3. The van der Waals surface area contributed by atoms with Crippen LogP contribution in [0.15, 0.2) is 79.0 Å². The number of nitrogens with zero attached hydrogens (tertiary/aromatic N) is 2.